The second kappa shape index (κ2) is 8.63. The molecule has 10 heteroatoms. The molecule has 10 nitrogen and oxygen atoms in total. The molecule has 0 bridgehead atoms. The first-order valence-corrected chi connectivity index (χ1v) is 8.27. The Hall–Kier alpha value is -2.24. The van der Waals surface area contributed by atoms with Gasteiger partial charge in [0.2, 0.25) is 5.91 Å². The lowest BCUT2D eigenvalue weighted by atomic mass is 9.88. The Morgan fingerprint density at radius 3 is 2.48 bits per heavy atom. The first-order valence-electron chi connectivity index (χ1n) is 8.27. The molecule has 1 fully saturated rings. The largest absolute Gasteiger partial charge is 0.476 e. The van der Waals surface area contributed by atoms with Crippen LogP contribution in [0.4, 0.5) is 0 Å². The van der Waals surface area contributed by atoms with Gasteiger partial charge in [0.1, 0.15) is 24.1 Å². The van der Waals surface area contributed by atoms with Crippen molar-refractivity contribution in [2.75, 3.05) is 6.61 Å². The fraction of sp³-hybridized carbons (Fsp3) is 0.529. The zero-order chi connectivity index (χ0) is 20.2. The van der Waals surface area contributed by atoms with Crippen molar-refractivity contribution in [3.05, 3.63) is 30.3 Å². The summed E-state index contributed by atoms with van der Waals surface area (Å²) >= 11 is 0. The summed E-state index contributed by atoms with van der Waals surface area (Å²) in [5.41, 5.74) is 0. The molecular formula is C17H23NO9. The van der Waals surface area contributed by atoms with Crippen molar-refractivity contribution in [3.63, 3.8) is 0 Å². The molecule has 1 aliphatic rings. The number of benzene rings is 1. The number of hydrogen-bond donors (Lipinski definition) is 6. The minimum atomic E-state index is -2.38. The van der Waals surface area contributed by atoms with Crippen molar-refractivity contribution in [1.82, 2.24) is 5.32 Å². The highest BCUT2D eigenvalue weighted by molar-refractivity contribution is 5.77. The Bertz CT molecular complexity index is 655. The predicted molar refractivity (Wildman–Crippen MR) is 89.6 cm³/mol. The van der Waals surface area contributed by atoms with Crippen LogP contribution in [-0.4, -0.2) is 80.3 Å². The second-order valence-corrected chi connectivity index (χ2v) is 6.29. The highest BCUT2D eigenvalue weighted by atomic mass is 16.7. The van der Waals surface area contributed by atoms with Crippen LogP contribution >= 0.6 is 0 Å². The number of para-hydroxylation sites is 1. The van der Waals surface area contributed by atoms with E-state index in [2.05, 4.69) is 5.32 Å². The number of carboxylic acid groups (broad SMARTS) is 1. The quantitative estimate of drug-likeness (QED) is 0.318. The Labute approximate surface area is 155 Å². The molecule has 1 aromatic carbocycles. The van der Waals surface area contributed by atoms with E-state index >= 15 is 0 Å². The van der Waals surface area contributed by atoms with Crippen molar-refractivity contribution in [2.24, 2.45) is 0 Å². The number of hydrogen-bond acceptors (Lipinski definition) is 8. The fourth-order valence-electron chi connectivity index (χ4n) is 2.91. The average molecular weight is 385 g/mol. The number of aliphatic hydroxyl groups is 4. The molecule has 0 spiro atoms. The summed E-state index contributed by atoms with van der Waals surface area (Å²) < 4.78 is 11.0. The lowest BCUT2D eigenvalue weighted by Gasteiger charge is -2.46. The number of rotatable bonds is 7. The SMILES string of the molecule is CC(=O)N[C@H]1[C@@H]([C@@H](O)[C@@H](O)CO)O[C@@](Oc2ccccc2)(C(=O)O)C[C@H]1O. The summed E-state index contributed by atoms with van der Waals surface area (Å²) in [6.45, 7) is 0.321. The van der Waals surface area contributed by atoms with E-state index in [1.807, 2.05) is 0 Å². The van der Waals surface area contributed by atoms with E-state index in [9.17, 15) is 30.0 Å². The van der Waals surface area contributed by atoms with Crippen LogP contribution < -0.4 is 10.1 Å². The number of aliphatic carboxylic acids is 1. The highest BCUT2D eigenvalue weighted by Crippen LogP contribution is 2.34. The van der Waals surface area contributed by atoms with E-state index in [1.165, 1.54) is 12.1 Å². The fourth-order valence-corrected chi connectivity index (χ4v) is 2.91. The predicted octanol–water partition coefficient (Wildman–Crippen LogP) is -1.79. The van der Waals surface area contributed by atoms with Crippen molar-refractivity contribution in [1.29, 1.82) is 0 Å². The van der Waals surface area contributed by atoms with Crippen LogP contribution in [0.2, 0.25) is 0 Å². The summed E-state index contributed by atoms with van der Waals surface area (Å²) in [5.74, 6) is -4.37. The molecule has 2 rings (SSSR count). The minimum Gasteiger partial charge on any atom is -0.476 e. The standard InChI is InChI=1S/C17H23NO9/c1-9(20)18-13-11(21)7-17(16(24)25,26-10-5-3-2-4-6-10)27-15(13)14(23)12(22)8-19/h2-6,11-15,19,21-23H,7-8H2,1H3,(H,18,20)(H,24,25)/t11-,12+,13-,14+,15+,17-/m1/s1. The van der Waals surface area contributed by atoms with Gasteiger partial charge in [0.05, 0.1) is 25.2 Å². The number of aliphatic hydroxyl groups excluding tert-OH is 4. The van der Waals surface area contributed by atoms with E-state index in [0.717, 1.165) is 6.92 Å². The van der Waals surface area contributed by atoms with Gasteiger partial charge in [-0.3, -0.25) is 4.79 Å². The van der Waals surface area contributed by atoms with Crippen LogP contribution in [-0.2, 0) is 14.3 Å². The molecule has 1 heterocycles. The number of nitrogens with one attached hydrogen (secondary N) is 1. The maximum absolute atomic E-state index is 11.9. The number of amides is 1. The first-order chi connectivity index (χ1) is 12.7. The van der Waals surface area contributed by atoms with Gasteiger partial charge in [0.15, 0.2) is 0 Å². The maximum Gasteiger partial charge on any atom is 0.377 e. The third kappa shape index (κ3) is 4.73. The monoisotopic (exact) mass is 385 g/mol. The van der Waals surface area contributed by atoms with Crippen LogP contribution in [0.25, 0.3) is 0 Å². The lowest BCUT2D eigenvalue weighted by Crippen LogP contribution is -2.68. The summed E-state index contributed by atoms with van der Waals surface area (Å²) in [7, 11) is 0. The maximum atomic E-state index is 11.9. The van der Waals surface area contributed by atoms with Crippen molar-refractivity contribution in [3.8, 4) is 5.75 Å². The molecule has 0 unspecified atom stereocenters. The molecule has 0 aromatic heterocycles. The van der Waals surface area contributed by atoms with E-state index in [4.69, 9.17) is 14.6 Å². The third-order valence-corrected chi connectivity index (χ3v) is 4.21. The molecule has 150 valence electrons. The molecule has 0 aliphatic carbocycles. The smallest absolute Gasteiger partial charge is 0.377 e. The Morgan fingerprint density at radius 2 is 1.96 bits per heavy atom. The van der Waals surface area contributed by atoms with Gasteiger partial charge in [-0.2, -0.15) is 0 Å². The summed E-state index contributed by atoms with van der Waals surface area (Å²) in [4.78, 5) is 23.4. The zero-order valence-electron chi connectivity index (χ0n) is 14.6. The normalized spacial score (nSPS) is 30.2. The summed E-state index contributed by atoms with van der Waals surface area (Å²) in [6.07, 6.45) is -7.10. The number of carbonyl (C=O) groups excluding carboxylic acids is 1. The number of carboxylic acids is 1. The molecule has 6 N–H and O–H groups in total. The van der Waals surface area contributed by atoms with Crippen LogP contribution in [0.1, 0.15) is 13.3 Å². The van der Waals surface area contributed by atoms with Gasteiger partial charge < -0.3 is 40.3 Å². The molecule has 0 radical (unpaired) electrons. The van der Waals surface area contributed by atoms with Crippen molar-refractivity contribution >= 4 is 11.9 Å². The van der Waals surface area contributed by atoms with Gasteiger partial charge in [-0.1, -0.05) is 18.2 Å². The summed E-state index contributed by atoms with van der Waals surface area (Å²) in [6, 6.07) is 6.62. The molecule has 1 saturated heterocycles. The van der Waals surface area contributed by atoms with E-state index < -0.39 is 61.1 Å². The van der Waals surface area contributed by atoms with Gasteiger partial charge >= 0.3 is 11.8 Å². The third-order valence-electron chi connectivity index (χ3n) is 4.21. The second-order valence-electron chi connectivity index (χ2n) is 6.29. The molecule has 6 atom stereocenters. The van der Waals surface area contributed by atoms with Crippen LogP contribution in [0, 0.1) is 0 Å². The number of ether oxygens (including phenoxy) is 2. The molecule has 27 heavy (non-hydrogen) atoms. The van der Waals surface area contributed by atoms with Crippen LogP contribution in [0.5, 0.6) is 5.75 Å². The van der Waals surface area contributed by atoms with Gasteiger partial charge in [-0.25, -0.2) is 4.79 Å². The molecule has 1 aliphatic heterocycles. The van der Waals surface area contributed by atoms with E-state index in [0.29, 0.717) is 0 Å². The minimum absolute atomic E-state index is 0.140. The molecular weight excluding hydrogens is 362 g/mol. The molecule has 1 aromatic rings. The topological polar surface area (TPSA) is 166 Å². The van der Waals surface area contributed by atoms with Crippen LogP contribution in [0.3, 0.4) is 0 Å². The first kappa shape index (κ1) is 21.1. The highest BCUT2D eigenvalue weighted by Gasteiger charge is 2.56. The Balaban J connectivity index is 2.39. The average Bonchev–Trinajstić information content (AvgIpc) is 2.62. The number of carbonyl (C=O) groups is 2. The van der Waals surface area contributed by atoms with Gasteiger partial charge in [0.25, 0.3) is 0 Å². The van der Waals surface area contributed by atoms with Crippen LogP contribution in [0.15, 0.2) is 30.3 Å². The van der Waals surface area contributed by atoms with Crippen molar-refractivity contribution in [2.45, 2.75) is 49.6 Å². The zero-order valence-corrected chi connectivity index (χ0v) is 14.6. The van der Waals surface area contributed by atoms with E-state index in [1.54, 1.807) is 18.2 Å². The van der Waals surface area contributed by atoms with Crippen molar-refractivity contribution < 1.29 is 44.6 Å². The Morgan fingerprint density at radius 1 is 1.33 bits per heavy atom. The summed E-state index contributed by atoms with van der Waals surface area (Å²) in [5, 5.41) is 51.6. The van der Waals surface area contributed by atoms with Gasteiger partial charge in [-0.15, -0.1) is 0 Å². The molecule has 0 saturated carbocycles. The Kier molecular flexibility index (Phi) is 6.73. The lowest BCUT2D eigenvalue weighted by molar-refractivity contribution is -0.284. The van der Waals surface area contributed by atoms with Gasteiger partial charge in [-0.05, 0) is 12.1 Å². The van der Waals surface area contributed by atoms with Gasteiger partial charge in [0, 0.05) is 6.92 Å². The van der Waals surface area contributed by atoms with E-state index in [-0.39, 0.29) is 5.75 Å². The molecule has 1 amide bonds.